The van der Waals surface area contributed by atoms with Gasteiger partial charge in [-0.15, -0.1) is 0 Å². The number of nitrogens with zero attached hydrogens (tertiary/aromatic N) is 2. The lowest BCUT2D eigenvalue weighted by Crippen LogP contribution is -2.60. The topological polar surface area (TPSA) is 62.2 Å². The van der Waals surface area contributed by atoms with Crippen molar-refractivity contribution in [1.29, 1.82) is 0 Å². The number of fused-ring (bicyclic) bond motifs is 2. The van der Waals surface area contributed by atoms with E-state index in [1.807, 2.05) is 37.4 Å². The molecule has 1 aromatic carbocycles. The molecule has 1 N–H and O–H groups in total. The molecule has 2 fully saturated rings. The Balaban J connectivity index is 1.77. The molecule has 0 radical (unpaired) electrons. The first kappa shape index (κ1) is 17.1. The number of likely N-dealkylation sites (tertiary alicyclic amines) is 1. The zero-order valence-electron chi connectivity index (χ0n) is 13.9. The molecule has 130 valence electrons. The lowest BCUT2D eigenvalue weighted by atomic mass is 9.91. The smallest absolute Gasteiger partial charge is 0.246 e. The molecule has 4 atom stereocenters. The van der Waals surface area contributed by atoms with Gasteiger partial charge in [0.05, 0.1) is 31.4 Å². The van der Waals surface area contributed by atoms with Crippen LogP contribution in [-0.2, 0) is 21.0 Å². The van der Waals surface area contributed by atoms with Gasteiger partial charge in [0, 0.05) is 13.6 Å². The number of amides is 1. The summed E-state index contributed by atoms with van der Waals surface area (Å²) in [4.78, 5) is 19.8. The normalized spacial score (nSPS) is 27.9. The minimum atomic E-state index is -0.482. The molecule has 2 saturated heterocycles. The van der Waals surface area contributed by atoms with E-state index in [-0.39, 0.29) is 30.7 Å². The van der Waals surface area contributed by atoms with Crippen molar-refractivity contribution in [1.82, 2.24) is 9.96 Å². The fourth-order valence-electron chi connectivity index (χ4n) is 3.62. The van der Waals surface area contributed by atoms with Crippen LogP contribution in [0.5, 0.6) is 0 Å². The predicted octanol–water partition coefficient (Wildman–Crippen LogP) is 0.965. The van der Waals surface area contributed by atoms with Crippen LogP contribution in [0.15, 0.2) is 43.0 Å². The summed E-state index contributed by atoms with van der Waals surface area (Å²) < 4.78 is 5.98. The van der Waals surface area contributed by atoms with Gasteiger partial charge in [-0.05, 0) is 18.1 Å². The van der Waals surface area contributed by atoms with E-state index in [0.717, 1.165) is 12.0 Å². The van der Waals surface area contributed by atoms with Crippen molar-refractivity contribution in [3.8, 4) is 0 Å². The molecule has 0 saturated carbocycles. The highest BCUT2D eigenvalue weighted by atomic mass is 16.7. The van der Waals surface area contributed by atoms with E-state index < -0.39 is 6.10 Å². The van der Waals surface area contributed by atoms with Gasteiger partial charge in [-0.1, -0.05) is 36.9 Å². The number of rotatable bonds is 6. The van der Waals surface area contributed by atoms with Gasteiger partial charge in [-0.3, -0.25) is 9.63 Å². The second-order valence-electron chi connectivity index (χ2n) is 6.28. The van der Waals surface area contributed by atoms with Crippen LogP contribution in [0.3, 0.4) is 0 Å². The van der Waals surface area contributed by atoms with Gasteiger partial charge in [0.2, 0.25) is 5.91 Å². The van der Waals surface area contributed by atoms with Crippen molar-refractivity contribution in [3.05, 3.63) is 48.6 Å². The van der Waals surface area contributed by atoms with Gasteiger partial charge in [0.25, 0.3) is 0 Å². The molecule has 0 spiro atoms. The molecule has 6 heteroatoms. The maximum Gasteiger partial charge on any atom is 0.246 e. The summed E-state index contributed by atoms with van der Waals surface area (Å²) in [5.74, 6) is -0.157. The summed E-state index contributed by atoms with van der Waals surface area (Å²) in [7, 11) is 1.87. The summed E-state index contributed by atoms with van der Waals surface area (Å²) in [5, 5.41) is 11.7. The molecule has 0 aromatic heterocycles. The Morgan fingerprint density at radius 3 is 2.92 bits per heavy atom. The van der Waals surface area contributed by atoms with Gasteiger partial charge in [-0.25, -0.2) is 0 Å². The number of aliphatic hydroxyl groups excluding tert-OH is 1. The van der Waals surface area contributed by atoms with Crippen LogP contribution in [-0.4, -0.2) is 65.5 Å². The quantitative estimate of drug-likeness (QED) is 0.787. The average Bonchev–Trinajstić information content (AvgIpc) is 2.91. The molecule has 1 aromatic rings. The first-order chi connectivity index (χ1) is 11.6. The van der Waals surface area contributed by atoms with Gasteiger partial charge in [0.1, 0.15) is 6.10 Å². The zero-order valence-corrected chi connectivity index (χ0v) is 13.9. The number of likely N-dealkylation sites (N-methyl/N-ethyl adjacent to an activating group) is 1. The van der Waals surface area contributed by atoms with Gasteiger partial charge >= 0.3 is 0 Å². The van der Waals surface area contributed by atoms with Crippen molar-refractivity contribution in [2.24, 2.45) is 0 Å². The molecular weight excluding hydrogens is 308 g/mol. The molecule has 2 aliphatic rings. The minimum absolute atomic E-state index is 0.000531. The first-order valence-corrected chi connectivity index (χ1v) is 8.23. The number of hydrogen-bond donors (Lipinski definition) is 1. The number of ether oxygens (including phenoxy) is 1. The summed E-state index contributed by atoms with van der Waals surface area (Å²) in [6.45, 7) is 4.31. The lowest BCUT2D eigenvalue weighted by Gasteiger charge is -2.42. The highest BCUT2D eigenvalue weighted by Crippen LogP contribution is 2.33. The third-order valence-corrected chi connectivity index (χ3v) is 4.77. The fraction of sp³-hybridized carbons (Fsp3) is 0.500. The van der Waals surface area contributed by atoms with E-state index in [9.17, 15) is 9.90 Å². The first-order valence-electron chi connectivity index (χ1n) is 8.23. The number of benzene rings is 1. The lowest BCUT2D eigenvalue weighted by molar-refractivity contribution is -0.143. The van der Waals surface area contributed by atoms with Crippen molar-refractivity contribution < 1.29 is 19.5 Å². The third-order valence-electron chi connectivity index (χ3n) is 4.77. The Morgan fingerprint density at radius 1 is 1.50 bits per heavy atom. The van der Waals surface area contributed by atoms with Crippen molar-refractivity contribution in [3.63, 3.8) is 0 Å². The van der Waals surface area contributed by atoms with Crippen LogP contribution in [0.1, 0.15) is 12.0 Å². The van der Waals surface area contributed by atoms with E-state index in [2.05, 4.69) is 6.58 Å². The predicted molar refractivity (Wildman–Crippen MR) is 88.8 cm³/mol. The highest BCUT2D eigenvalue weighted by Gasteiger charge is 2.49. The number of hydrogen-bond acceptors (Lipinski definition) is 5. The van der Waals surface area contributed by atoms with Crippen molar-refractivity contribution in [2.75, 3.05) is 20.2 Å². The van der Waals surface area contributed by atoms with E-state index in [1.54, 1.807) is 9.96 Å². The van der Waals surface area contributed by atoms with Gasteiger partial charge in [-0.2, -0.15) is 5.06 Å². The molecule has 2 aliphatic heterocycles. The van der Waals surface area contributed by atoms with E-state index in [0.29, 0.717) is 13.2 Å². The van der Waals surface area contributed by atoms with Crippen LogP contribution in [0.4, 0.5) is 0 Å². The summed E-state index contributed by atoms with van der Waals surface area (Å²) in [6.07, 6.45) is 1.65. The largest absolute Gasteiger partial charge is 0.394 e. The zero-order chi connectivity index (χ0) is 17.1. The Labute approximate surface area is 142 Å². The SMILES string of the molecule is C=CC(=O)N1C[C@H]2C[C@@H]([C@H]1[C@H](CO)OCc1ccccc1)N(C)O2. The van der Waals surface area contributed by atoms with Gasteiger partial charge < -0.3 is 14.7 Å². The van der Waals surface area contributed by atoms with Crippen molar-refractivity contribution in [2.45, 2.75) is 37.3 Å². The molecular formula is C18H24N2O4. The summed E-state index contributed by atoms with van der Waals surface area (Å²) in [6, 6.07) is 9.52. The van der Waals surface area contributed by atoms with Crippen LogP contribution in [0, 0.1) is 0 Å². The maximum atomic E-state index is 12.3. The minimum Gasteiger partial charge on any atom is -0.394 e. The Bertz CT molecular complexity index is 580. The molecule has 6 nitrogen and oxygen atoms in total. The van der Waals surface area contributed by atoms with Crippen LogP contribution < -0.4 is 0 Å². The molecule has 2 heterocycles. The van der Waals surface area contributed by atoms with Gasteiger partial charge in [0.15, 0.2) is 0 Å². The average molecular weight is 332 g/mol. The molecule has 2 bridgehead atoms. The standard InChI is InChI=1S/C18H24N2O4/c1-3-17(22)20-10-14-9-15(19(2)24-14)18(20)16(11-21)23-12-13-7-5-4-6-8-13/h3-8,14-16,18,21H,1,9-12H2,2H3/t14-,15+,16+,18+/m1/s1. The van der Waals surface area contributed by atoms with Crippen LogP contribution >= 0.6 is 0 Å². The van der Waals surface area contributed by atoms with E-state index in [1.165, 1.54) is 6.08 Å². The molecule has 0 unspecified atom stereocenters. The number of aliphatic hydroxyl groups is 1. The number of piperidine rings is 1. The summed E-state index contributed by atoms with van der Waals surface area (Å²) >= 11 is 0. The Morgan fingerprint density at radius 2 is 2.25 bits per heavy atom. The Kier molecular flexibility index (Phi) is 5.30. The molecule has 3 rings (SSSR count). The van der Waals surface area contributed by atoms with E-state index in [4.69, 9.17) is 9.57 Å². The fourth-order valence-corrected chi connectivity index (χ4v) is 3.62. The van der Waals surface area contributed by atoms with Crippen LogP contribution in [0.25, 0.3) is 0 Å². The molecule has 24 heavy (non-hydrogen) atoms. The maximum absolute atomic E-state index is 12.3. The number of carbonyl (C=O) groups is 1. The monoisotopic (exact) mass is 332 g/mol. The molecule has 0 aliphatic carbocycles. The Hall–Kier alpha value is -1.73. The number of carbonyl (C=O) groups excluding carboxylic acids is 1. The second-order valence-corrected chi connectivity index (χ2v) is 6.28. The van der Waals surface area contributed by atoms with Crippen molar-refractivity contribution >= 4 is 5.91 Å². The van der Waals surface area contributed by atoms with Crippen LogP contribution in [0.2, 0.25) is 0 Å². The third kappa shape index (κ3) is 3.37. The number of hydroxylamine groups is 2. The second kappa shape index (κ2) is 7.44. The highest BCUT2D eigenvalue weighted by molar-refractivity contribution is 5.87. The van der Waals surface area contributed by atoms with E-state index >= 15 is 0 Å². The summed E-state index contributed by atoms with van der Waals surface area (Å²) in [5.41, 5.74) is 1.03. The molecule has 1 amide bonds.